The Morgan fingerprint density at radius 3 is 2.80 bits per heavy atom. The largest absolute Gasteiger partial charge is 0.377 e. The summed E-state index contributed by atoms with van der Waals surface area (Å²) in [5.41, 5.74) is 0. The van der Waals surface area contributed by atoms with Crippen LogP contribution in [0.4, 0.5) is 0 Å². The Hall–Kier alpha value is -0.300. The summed E-state index contributed by atoms with van der Waals surface area (Å²) in [6, 6.07) is 0. The summed E-state index contributed by atoms with van der Waals surface area (Å²) in [5, 5.41) is 0. The standard InChI is InChI=1S/C14H24O/c1-4-6-15-9-12-7-11-8-14(12)13(5-2)10(11)3/h4,10-14H,1,5-9H2,2-3H3. The van der Waals surface area contributed by atoms with Gasteiger partial charge in [0.15, 0.2) is 0 Å². The van der Waals surface area contributed by atoms with Crippen molar-refractivity contribution in [1.82, 2.24) is 0 Å². The molecular weight excluding hydrogens is 184 g/mol. The van der Waals surface area contributed by atoms with Crippen LogP contribution in [0, 0.1) is 29.6 Å². The van der Waals surface area contributed by atoms with E-state index in [1.807, 2.05) is 6.08 Å². The molecule has 15 heavy (non-hydrogen) atoms. The Morgan fingerprint density at radius 1 is 1.40 bits per heavy atom. The summed E-state index contributed by atoms with van der Waals surface area (Å²) in [4.78, 5) is 0. The van der Waals surface area contributed by atoms with Crippen LogP contribution in [0.15, 0.2) is 12.7 Å². The van der Waals surface area contributed by atoms with Crippen molar-refractivity contribution in [3.05, 3.63) is 12.7 Å². The van der Waals surface area contributed by atoms with E-state index in [-0.39, 0.29) is 0 Å². The molecule has 2 fully saturated rings. The summed E-state index contributed by atoms with van der Waals surface area (Å²) in [6.07, 6.45) is 6.11. The molecule has 0 aromatic heterocycles. The van der Waals surface area contributed by atoms with Crippen LogP contribution in [0.2, 0.25) is 0 Å². The molecule has 5 atom stereocenters. The molecule has 0 saturated heterocycles. The third-order valence-electron chi connectivity index (χ3n) is 4.79. The monoisotopic (exact) mass is 208 g/mol. The van der Waals surface area contributed by atoms with E-state index in [1.165, 1.54) is 19.3 Å². The highest BCUT2D eigenvalue weighted by Crippen LogP contribution is 2.56. The minimum atomic E-state index is 0.722. The molecule has 1 heteroatoms. The van der Waals surface area contributed by atoms with Crippen LogP contribution >= 0.6 is 0 Å². The second kappa shape index (κ2) is 4.69. The van der Waals surface area contributed by atoms with Crippen LogP contribution in [0.25, 0.3) is 0 Å². The van der Waals surface area contributed by atoms with E-state index in [4.69, 9.17) is 4.74 Å². The maximum Gasteiger partial charge on any atom is 0.0644 e. The third kappa shape index (κ3) is 1.99. The Kier molecular flexibility index (Phi) is 3.50. The molecule has 2 bridgehead atoms. The van der Waals surface area contributed by atoms with Gasteiger partial charge in [-0.25, -0.2) is 0 Å². The Morgan fingerprint density at radius 2 is 2.20 bits per heavy atom. The van der Waals surface area contributed by atoms with Gasteiger partial charge >= 0.3 is 0 Å². The molecule has 0 spiro atoms. The van der Waals surface area contributed by atoms with Gasteiger partial charge in [-0.2, -0.15) is 0 Å². The number of rotatable bonds is 5. The zero-order chi connectivity index (χ0) is 10.8. The van der Waals surface area contributed by atoms with E-state index < -0.39 is 0 Å². The highest BCUT2D eigenvalue weighted by molar-refractivity contribution is 4.98. The second-order valence-electron chi connectivity index (χ2n) is 5.41. The summed E-state index contributed by atoms with van der Waals surface area (Å²) < 4.78 is 5.63. The normalized spacial score (nSPS) is 43.5. The molecule has 5 unspecified atom stereocenters. The van der Waals surface area contributed by atoms with Crippen LogP contribution < -0.4 is 0 Å². The lowest BCUT2D eigenvalue weighted by Gasteiger charge is -2.33. The van der Waals surface area contributed by atoms with E-state index in [1.54, 1.807) is 0 Å². The number of hydrogen-bond acceptors (Lipinski definition) is 1. The van der Waals surface area contributed by atoms with Gasteiger partial charge in [-0.3, -0.25) is 0 Å². The summed E-state index contributed by atoms with van der Waals surface area (Å²) >= 11 is 0. The van der Waals surface area contributed by atoms with Gasteiger partial charge in [0.1, 0.15) is 0 Å². The van der Waals surface area contributed by atoms with Crippen LogP contribution in [-0.2, 0) is 4.74 Å². The molecule has 0 aromatic rings. The predicted octanol–water partition coefficient (Wildman–Crippen LogP) is 3.51. The fourth-order valence-corrected chi connectivity index (χ4v) is 4.06. The van der Waals surface area contributed by atoms with Crippen LogP contribution in [0.3, 0.4) is 0 Å². The van der Waals surface area contributed by atoms with Crippen molar-refractivity contribution in [2.45, 2.75) is 33.1 Å². The number of fused-ring (bicyclic) bond motifs is 2. The molecule has 2 aliphatic rings. The van der Waals surface area contributed by atoms with Crippen LogP contribution in [0.1, 0.15) is 33.1 Å². The number of ether oxygens (including phenoxy) is 1. The van der Waals surface area contributed by atoms with E-state index >= 15 is 0 Å². The number of hydrogen-bond donors (Lipinski definition) is 0. The molecule has 1 nitrogen and oxygen atoms in total. The molecule has 0 aliphatic heterocycles. The van der Waals surface area contributed by atoms with Crippen molar-refractivity contribution in [3.8, 4) is 0 Å². The Bertz CT molecular complexity index is 223. The van der Waals surface area contributed by atoms with E-state index in [9.17, 15) is 0 Å². The topological polar surface area (TPSA) is 9.23 Å². The van der Waals surface area contributed by atoms with Crippen LogP contribution in [0.5, 0.6) is 0 Å². The molecule has 2 saturated carbocycles. The van der Waals surface area contributed by atoms with E-state index in [0.717, 1.165) is 42.8 Å². The van der Waals surface area contributed by atoms with Gasteiger partial charge in [-0.15, -0.1) is 6.58 Å². The maximum absolute atomic E-state index is 5.63. The first-order chi connectivity index (χ1) is 7.27. The van der Waals surface area contributed by atoms with Gasteiger partial charge in [0.05, 0.1) is 13.2 Å². The van der Waals surface area contributed by atoms with Crippen LogP contribution in [-0.4, -0.2) is 13.2 Å². The lowest BCUT2D eigenvalue weighted by atomic mass is 9.74. The molecule has 0 amide bonds. The maximum atomic E-state index is 5.63. The van der Waals surface area contributed by atoms with Gasteiger partial charge in [-0.05, 0) is 42.4 Å². The lowest BCUT2D eigenvalue weighted by Crippen LogP contribution is -2.28. The minimum absolute atomic E-state index is 0.722. The van der Waals surface area contributed by atoms with Gasteiger partial charge in [-0.1, -0.05) is 26.3 Å². The zero-order valence-electron chi connectivity index (χ0n) is 10.1. The minimum Gasteiger partial charge on any atom is -0.377 e. The average molecular weight is 208 g/mol. The SMILES string of the molecule is C=CCOCC1CC2CC1C(CC)C2C. The molecular formula is C14H24O. The molecule has 2 rings (SSSR count). The highest BCUT2D eigenvalue weighted by Gasteiger charge is 2.49. The van der Waals surface area contributed by atoms with Gasteiger partial charge in [0, 0.05) is 0 Å². The van der Waals surface area contributed by atoms with Gasteiger partial charge in [0.25, 0.3) is 0 Å². The zero-order valence-corrected chi connectivity index (χ0v) is 10.1. The first kappa shape index (κ1) is 11.2. The van der Waals surface area contributed by atoms with Gasteiger partial charge < -0.3 is 4.74 Å². The summed E-state index contributed by atoms with van der Waals surface area (Å²) in [6.45, 7) is 10.2. The van der Waals surface area contributed by atoms with Crippen molar-refractivity contribution in [2.24, 2.45) is 29.6 Å². The Balaban J connectivity index is 1.87. The first-order valence-corrected chi connectivity index (χ1v) is 6.46. The fraction of sp³-hybridized carbons (Fsp3) is 0.857. The third-order valence-corrected chi connectivity index (χ3v) is 4.79. The molecule has 2 aliphatic carbocycles. The fourth-order valence-electron chi connectivity index (χ4n) is 4.06. The Labute approximate surface area is 93.9 Å². The first-order valence-electron chi connectivity index (χ1n) is 6.46. The highest BCUT2D eigenvalue weighted by atomic mass is 16.5. The summed E-state index contributed by atoms with van der Waals surface area (Å²) in [7, 11) is 0. The van der Waals surface area contributed by atoms with Crippen molar-refractivity contribution in [2.75, 3.05) is 13.2 Å². The molecule has 0 radical (unpaired) electrons. The molecule has 0 aromatic carbocycles. The molecule has 0 N–H and O–H groups in total. The summed E-state index contributed by atoms with van der Waals surface area (Å²) in [5.74, 6) is 4.74. The van der Waals surface area contributed by atoms with Crippen molar-refractivity contribution < 1.29 is 4.74 Å². The van der Waals surface area contributed by atoms with Gasteiger partial charge in [0.2, 0.25) is 0 Å². The van der Waals surface area contributed by atoms with E-state index in [2.05, 4.69) is 20.4 Å². The predicted molar refractivity (Wildman–Crippen MR) is 63.7 cm³/mol. The average Bonchev–Trinajstić information content (AvgIpc) is 2.76. The van der Waals surface area contributed by atoms with Crippen molar-refractivity contribution >= 4 is 0 Å². The molecule has 0 heterocycles. The smallest absolute Gasteiger partial charge is 0.0644 e. The quantitative estimate of drug-likeness (QED) is 0.496. The second-order valence-corrected chi connectivity index (χ2v) is 5.41. The van der Waals surface area contributed by atoms with E-state index in [0.29, 0.717) is 0 Å². The molecule has 86 valence electrons. The van der Waals surface area contributed by atoms with Crippen molar-refractivity contribution in [1.29, 1.82) is 0 Å². The van der Waals surface area contributed by atoms with Crippen molar-refractivity contribution in [3.63, 3.8) is 0 Å². The lowest BCUT2D eigenvalue weighted by molar-refractivity contribution is 0.0650.